The highest BCUT2D eigenvalue weighted by molar-refractivity contribution is 14.1. The third-order valence-corrected chi connectivity index (χ3v) is 8.07. The molecule has 166 valence electrons. The molecule has 0 spiro atoms. The number of cyclic esters (lactones) is 1. The van der Waals surface area contributed by atoms with Gasteiger partial charge in [-0.15, -0.1) is 0 Å². The van der Waals surface area contributed by atoms with E-state index in [1.54, 1.807) is 42.5 Å². The van der Waals surface area contributed by atoms with Crippen molar-refractivity contribution in [2.45, 2.75) is 0 Å². The van der Waals surface area contributed by atoms with Crippen LogP contribution in [0.15, 0.2) is 84.8 Å². The molecule has 1 aliphatic heterocycles. The monoisotopic (exact) mass is 743 g/mol. The fourth-order valence-electron chi connectivity index (χ4n) is 2.97. The molecule has 1 aliphatic rings. The molecule has 0 fully saturated rings. The summed E-state index contributed by atoms with van der Waals surface area (Å²) in [5.74, 6) is 0.0864. The van der Waals surface area contributed by atoms with Gasteiger partial charge in [0, 0.05) is 19.2 Å². The Hall–Kier alpha value is -1.82. The van der Waals surface area contributed by atoms with E-state index in [0.717, 1.165) is 8.04 Å². The minimum Gasteiger partial charge on any atom is -0.483 e. The Morgan fingerprint density at radius 3 is 2.36 bits per heavy atom. The lowest BCUT2D eigenvalue weighted by Crippen LogP contribution is -2.12. The molecule has 33 heavy (non-hydrogen) atoms. The number of nitrogens with zero attached hydrogens (tertiary/aromatic N) is 1. The predicted octanol–water partition coefficient (Wildman–Crippen LogP) is 7.18. The van der Waals surface area contributed by atoms with Crippen LogP contribution in [0.25, 0.3) is 6.08 Å². The van der Waals surface area contributed by atoms with Crippen LogP contribution in [0.1, 0.15) is 21.5 Å². The van der Waals surface area contributed by atoms with Crippen molar-refractivity contribution in [1.82, 2.24) is 0 Å². The Balaban J connectivity index is 1.53. The van der Waals surface area contributed by atoms with Crippen LogP contribution in [0.4, 0.5) is 0 Å². The maximum atomic E-state index is 12.4. The molecule has 0 saturated carbocycles. The molecule has 4 rings (SSSR count). The number of carbonyl (C=O) groups excluding carboxylic acids is 2. The van der Waals surface area contributed by atoms with Gasteiger partial charge in [0.25, 0.3) is 0 Å². The van der Waals surface area contributed by atoms with Gasteiger partial charge in [0.1, 0.15) is 5.75 Å². The third-order valence-electron chi connectivity index (χ3n) is 4.55. The van der Waals surface area contributed by atoms with E-state index in [1.807, 2.05) is 24.3 Å². The van der Waals surface area contributed by atoms with Crippen LogP contribution in [0, 0.1) is 3.57 Å². The number of hydrogen-bond donors (Lipinski definition) is 0. The molecular weight excluding hydrogens is 733 g/mol. The number of ketones is 1. The lowest BCUT2D eigenvalue weighted by atomic mass is 10.1. The topological polar surface area (TPSA) is 65.0 Å². The second-order valence-electron chi connectivity index (χ2n) is 6.86. The van der Waals surface area contributed by atoms with E-state index in [0.29, 0.717) is 31.4 Å². The van der Waals surface area contributed by atoms with Gasteiger partial charge in [-0.3, -0.25) is 4.79 Å². The Bertz CT molecular complexity index is 1300. The Labute approximate surface area is 228 Å². The molecule has 0 bridgehead atoms. The lowest BCUT2D eigenvalue weighted by molar-refractivity contribution is -0.129. The highest BCUT2D eigenvalue weighted by Gasteiger charge is 2.25. The molecule has 0 atom stereocenters. The van der Waals surface area contributed by atoms with Crippen LogP contribution in [0.2, 0.25) is 0 Å². The van der Waals surface area contributed by atoms with Crippen LogP contribution in [0.5, 0.6) is 5.75 Å². The third kappa shape index (κ3) is 5.82. The summed E-state index contributed by atoms with van der Waals surface area (Å²) in [7, 11) is 0. The van der Waals surface area contributed by atoms with E-state index < -0.39 is 5.97 Å². The predicted molar refractivity (Wildman–Crippen MR) is 146 cm³/mol. The highest BCUT2D eigenvalue weighted by atomic mass is 127. The van der Waals surface area contributed by atoms with E-state index >= 15 is 0 Å². The number of halogens is 4. The van der Waals surface area contributed by atoms with Crippen molar-refractivity contribution >= 4 is 94.1 Å². The fraction of sp³-hybridized carbons (Fsp3) is 0.0417. The molecule has 3 aromatic carbocycles. The average Bonchev–Trinajstić information content (AvgIpc) is 3.15. The van der Waals surface area contributed by atoms with E-state index in [9.17, 15) is 9.59 Å². The van der Waals surface area contributed by atoms with E-state index in [1.165, 1.54) is 0 Å². The summed E-state index contributed by atoms with van der Waals surface area (Å²) in [6.07, 6.45) is 1.63. The maximum Gasteiger partial charge on any atom is 0.363 e. The second kappa shape index (κ2) is 10.6. The van der Waals surface area contributed by atoms with E-state index in [2.05, 4.69) is 75.4 Å². The quantitative estimate of drug-likeness (QED) is 0.116. The van der Waals surface area contributed by atoms with Crippen molar-refractivity contribution in [3.05, 3.63) is 100 Å². The van der Waals surface area contributed by atoms with Crippen molar-refractivity contribution in [3.63, 3.8) is 0 Å². The zero-order valence-corrected chi connectivity index (χ0v) is 23.6. The van der Waals surface area contributed by atoms with Crippen molar-refractivity contribution in [2.75, 3.05) is 6.61 Å². The molecule has 3 aromatic rings. The van der Waals surface area contributed by atoms with Gasteiger partial charge in [-0.05, 0) is 112 Å². The number of hydrogen-bond acceptors (Lipinski definition) is 5. The van der Waals surface area contributed by atoms with Crippen molar-refractivity contribution in [1.29, 1.82) is 0 Å². The van der Waals surface area contributed by atoms with Gasteiger partial charge in [-0.1, -0.05) is 30.3 Å². The van der Waals surface area contributed by atoms with Gasteiger partial charge in [0.05, 0.1) is 8.95 Å². The fourth-order valence-corrected chi connectivity index (χ4v) is 5.13. The lowest BCUT2D eigenvalue weighted by Gasteiger charge is -2.11. The standard InChI is InChI=1S/C24H13Br3INO4/c25-16-11-15(6-7-19(16)28)23-29-20(24(31)33-23)10-13-8-17(26)22(18(27)9-13)32-12-21(30)14-4-2-1-3-5-14/h1-11H,12H2/b20-10-. The Morgan fingerprint density at radius 1 is 1.00 bits per heavy atom. The SMILES string of the molecule is O=C1OC(c2ccc(I)c(Br)c2)=N/C1=C\c1cc(Br)c(OCC(=O)c2ccccc2)c(Br)c1. The molecule has 9 heteroatoms. The summed E-state index contributed by atoms with van der Waals surface area (Å²) in [6.45, 7) is -0.104. The largest absolute Gasteiger partial charge is 0.483 e. The first-order valence-corrected chi connectivity index (χ1v) is 13.0. The number of Topliss-reactive ketones (excluding diaryl/α,β-unsaturated/α-hetero) is 1. The van der Waals surface area contributed by atoms with Crippen molar-refractivity contribution < 1.29 is 19.1 Å². The number of benzene rings is 3. The molecular formula is C24H13Br3INO4. The first-order chi connectivity index (χ1) is 15.8. The molecule has 0 aliphatic carbocycles. The molecule has 0 unspecified atom stereocenters. The summed E-state index contributed by atoms with van der Waals surface area (Å²) < 4.78 is 14.3. The first-order valence-electron chi connectivity index (χ1n) is 9.50. The number of ether oxygens (including phenoxy) is 2. The minimum atomic E-state index is -0.527. The smallest absolute Gasteiger partial charge is 0.363 e. The first kappa shape index (κ1) is 24.3. The minimum absolute atomic E-state index is 0.104. The van der Waals surface area contributed by atoms with Crippen LogP contribution in [0.3, 0.4) is 0 Å². The van der Waals surface area contributed by atoms with E-state index in [4.69, 9.17) is 9.47 Å². The van der Waals surface area contributed by atoms with Crippen LogP contribution in [-0.4, -0.2) is 24.3 Å². The van der Waals surface area contributed by atoms with Crippen LogP contribution < -0.4 is 4.74 Å². The van der Waals surface area contributed by atoms with Gasteiger partial charge in [-0.25, -0.2) is 9.79 Å². The highest BCUT2D eigenvalue weighted by Crippen LogP contribution is 2.36. The molecule has 0 aromatic heterocycles. The summed E-state index contributed by atoms with van der Waals surface area (Å²) in [6, 6.07) is 18.1. The number of carbonyl (C=O) groups is 2. The molecule has 1 heterocycles. The zero-order chi connectivity index (χ0) is 23.5. The molecule has 5 nitrogen and oxygen atoms in total. The van der Waals surface area contributed by atoms with Crippen LogP contribution in [-0.2, 0) is 9.53 Å². The average molecular weight is 746 g/mol. The molecule has 0 N–H and O–H groups in total. The number of rotatable bonds is 6. The zero-order valence-electron chi connectivity index (χ0n) is 16.7. The van der Waals surface area contributed by atoms with Crippen LogP contribution >= 0.6 is 70.4 Å². The normalized spacial score (nSPS) is 14.2. The van der Waals surface area contributed by atoms with Gasteiger partial charge >= 0.3 is 5.97 Å². The number of aliphatic imine (C=N–C) groups is 1. The van der Waals surface area contributed by atoms with Gasteiger partial charge < -0.3 is 9.47 Å². The molecule has 0 amide bonds. The molecule has 0 saturated heterocycles. The maximum absolute atomic E-state index is 12.4. The summed E-state index contributed by atoms with van der Waals surface area (Å²) in [5, 5.41) is 0. The van der Waals surface area contributed by atoms with Gasteiger partial charge in [0.15, 0.2) is 18.1 Å². The summed E-state index contributed by atoms with van der Waals surface area (Å²) in [4.78, 5) is 29.0. The van der Waals surface area contributed by atoms with Crippen molar-refractivity contribution in [3.8, 4) is 5.75 Å². The number of esters is 1. The van der Waals surface area contributed by atoms with E-state index in [-0.39, 0.29) is 24.0 Å². The second-order valence-corrected chi connectivity index (χ2v) is 10.6. The van der Waals surface area contributed by atoms with Crippen molar-refractivity contribution in [2.24, 2.45) is 4.99 Å². The Kier molecular flexibility index (Phi) is 7.83. The summed E-state index contributed by atoms with van der Waals surface area (Å²) in [5.41, 5.74) is 2.18. The summed E-state index contributed by atoms with van der Waals surface area (Å²) >= 11 is 12.6. The molecule has 0 radical (unpaired) electrons. The van der Waals surface area contributed by atoms with Gasteiger partial charge in [0.2, 0.25) is 5.90 Å². The van der Waals surface area contributed by atoms with Gasteiger partial charge in [-0.2, -0.15) is 0 Å². The Morgan fingerprint density at radius 2 is 1.70 bits per heavy atom.